The molecular formula is C18H25N3O2. The van der Waals surface area contributed by atoms with Crippen molar-refractivity contribution in [3.05, 3.63) is 48.0 Å². The molecule has 0 bridgehead atoms. The van der Waals surface area contributed by atoms with E-state index in [1.165, 1.54) is 17.8 Å². The molecule has 1 aliphatic rings. The lowest BCUT2D eigenvalue weighted by Crippen LogP contribution is -2.29. The van der Waals surface area contributed by atoms with E-state index in [2.05, 4.69) is 33.2 Å². The maximum absolute atomic E-state index is 5.78. The van der Waals surface area contributed by atoms with E-state index in [4.69, 9.17) is 9.47 Å². The third kappa shape index (κ3) is 4.33. The van der Waals surface area contributed by atoms with Gasteiger partial charge < -0.3 is 19.4 Å². The fraction of sp³-hybridized carbons (Fsp3) is 0.500. The molecule has 1 aliphatic heterocycles. The number of methoxy groups -OCH3 is 1. The first-order valence-electron chi connectivity index (χ1n) is 8.27. The van der Waals surface area contributed by atoms with E-state index in [0.717, 1.165) is 31.8 Å². The fourth-order valence-electron chi connectivity index (χ4n) is 3.04. The van der Waals surface area contributed by atoms with E-state index >= 15 is 0 Å². The zero-order valence-electron chi connectivity index (χ0n) is 13.7. The second kappa shape index (κ2) is 8.13. The summed E-state index contributed by atoms with van der Waals surface area (Å²) in [6.07, 6.45) is 6.27. The minimum atomic E-state index is 0.583. The van der Waals surface area contributed by atoms with Crippen LogP contribution < -0.4 is 10.1 Å². The van der Waals surface area contributed by atoms with E-state index in [1.54, 1.807) is 7.11 Å². The van der Waals surface area contributed by atoms with Gasteiger partial charge in [0, 0.05) is 44.6 Å². The highest BCUT2D eigenvalue weighted by molar-refractivity contribution is 5.33. The van der Waals surface area contributed by atoms with Crippen molar-refractivity contribution in [1.29, 1.82) is 0 Å². The lowest BCUT2D eigenvalue weighted by Gasteiger charge is -2.24. The first-order valence-corrected chi connectivity index (χ1v) is 8.27. The number of imidazole rings is 1. The molecule has 1 atom stereocenters. The number of fused-ring (bicyclic) bond motifs is 1. The molecular weight excluding hydrogens is 290 g/mol. The van der Waals surface area contributed by atoms with Gasteiger partial charge in [0.2, 0.25) is 0 Å². The van der Waals surface area contributed by atoms with Gasteiger partial charge in [0.25, 0.3) is 0 Å². The standard InChI is InChI=1S/C18H25N3O2/c1-22-10-11-23-17-5-3-2-4-16(17)13-19-12-15-6-7-18-20-8-9-21(18)14-15/h2-5,8-9,15,19H,6-7,10-14H2,1H3/t15-/m1/s1. The van der Waals surface area contributed by atoms with Crippen LogP contribution in [-0.4, -0.2) is 36.4 Å². The summed E-state index contributed by atoms with van der Waals surface area (Å²) in [6, 6.07) is 8.20. The molecule has 0 saturated heterocycles. The van der Waals surface area contributed by atoms with Crippen molar-refractivity contribution >= 4 is 0 Å². The molecule has 2 aromatic rings. The third-order valence-corrected chi connectivity index (χ3v) is 4.30. The van der Waals surface area contributed by atoms with Gasteiger partial charge in [-0.1, -0.05) is 18.2 Å². The molecule has 0 saturated carbocycles. The molecule has 1 aromatic heterocycles. The normalized spacial score (nSPS) is 17.0. The number of ether oxygens (including phenoxy) is 2. The van der Waals surface area contributed by atoms with Crippen LogP contribution in [0.4, 0.5) is 0 Å². The molecule has 23 heavy (non-hydrogen) atoms. The average molecular weight is 315 g/mol. The van der Waals surface area contributed by atoms with Gasteiger partial charge in [-0.05, 0) is 24.9 Å². The lowest BCUT2D eigenvalue weighted by atomic mass is 9.99. The van der Waals surface area contributed by atoms with Crippen LogP contribution in [0.1, 0.15) is 17.8 Å². The summed E-state index contributed by atoms with van der Waals surface area (Å²) < 4.78 is 13.1. The number of nitrogens with one attached hydrogen (secondary N) is 1. The van der Waals surface area contributed by atoms with Crippen molar-refractivity contribution < 1.29 is 9.47 Å². The monoisotopic (exact) mass is 315 g/mol. The number of aromatic nitrogens is 2. The van der Waals surface area contributed by atoms with Gasteiger partial charge in [0.05, 0.1) is 6.61 Å². The van der Waals surface area contributed by atoms with E-state index in [9.17, 15) is 0 Å². The summed E-state index contributed by atoms with van der Waals surface area (Å²) >= 11 is 0. The smallest absolute Gasteiger partial charge is 0.123 e. The maximum Gasteiger partial charge on any atom is 0.123 e. The minimum absolute atomic E-state index is 0.583. The summed E-state index contributed by atoms with van der Waals surface area (Å²) in [5.41, 5.74) is 1.20. The Labute approximate surface area is 137 Å². The maximum atomic E-state index is 5.78. The summed E-state index contributed by atoms with van der Waals surface area (Å²) in [5.74, 6) is 2.83. The van der Waals surface area contributed by atoms with Crippen LogP contribution >= 0.6 is 0 Å². The molecule has 5 heteroatoms. The quantitative estimate of drug-likeness (QED) is 0.759. The molecule has 0 aliphatic carbocycles. The Morgan fingerprint density at radius 2 is 2.22 bits per heavy atom. The number of aryl methyl sites for hydroxylation is 1. The SMILES string of the molecule is COCCOc1ccccc1CNC[C@H]1CCc2nccn2C1. The number of hydrogen-bond donors (Lipinski definition) is 1. The number of para-hydroxylation sites is 1. The lowest BCUT2D eigenvalue weighted by molar-refractivity contribution is 0.145. The van der Waals surface area contributed by atoms with Crippen molar-refractivity contribution in [2.75, 3.05) is 26.9 Å². The van der Waals surface area contributed by atoms with Crippen molar-refractivity contribution in [2.45, 2.75) is 25.9 Å². The molecule has 5 nitrogen and oxygen atoms in total. The molecule has 0 unspecified atom stereocenters. The Bertz CT molecular complexity index is 612. The summed E-state index contributed by atoms with van der Waals surface area (Å²) in [7, 11) is 1.69. The average Bonchev–Trinajstić information content (AvgIpc) is 3.04. The first kappa shape index (κ1) is 16.0. The summed E-state index contributed by atoms with van der Waals surface area (Å²) in [4.78, 5) is 4.38. The van der Waals surface area contributed by atoms with Crippen molar-refractivity contribution in [3.8, 4) is 5.75 Å². The van der Waals surface area contributed by atoms with Crippen LogP contribution in [0.5, 0.6) is 5.75 Å². The second-order valence-electron chi connectivity index (χ2n) is 5.98. The highest BCUT2D eigenvalue weighted by atomic mass is 16.5. The summed E-state index contributed by atoms with van der Waals surface area (Å²) in [5, 5.41) is 3.58. The van der Waals surface area contributed by atoms with Gasteiger partial charge in [-0.3, -0.25) is 0 Å². The van der Waals surface area contributed by atoms with Gasteiger partial charge in [-0.2, -0.15) is 0 Å². The van der Waals surface area contributed by atoms with E-state index in [1.807, 2.05) is 18.3 Å². The van der Waals surface area contributed by atoms with E-state index in [-0.39, 0.29) is 0 Å². The van der Waals surface area contributed by atoms with E-state index in [0.29, 0.717) is 19.1 Å². The molecule has 1 N–H and O–H groups in total. The Balaban J connectivity index is 1.47. The van der Waals surface area contributed by atoms with E-state index < -0.39 is 0 Å². The third-order valence-electron chi connectivity index (χ3n) is 4.30. The fourth-order valence-corrected chi connectivity index (χ4v) is 3.04. The Hall–Kier alpha value is -1.85. The molecule has 0 fully saturated rings. The van der Waals surface area contributed by atoms with Gasteiger partial charge >= 0.3 is 0 Å². The first-order chi connectivity index (χ1) is 11.4. The van der Waals surface area contributed by atoms with Crippen LogP contribution in [0.2, 0.25) is 0 Å². The number of rotatable bonds is 8. The zero-order chi connectivity index (χ0) is 15.9. The molecule has 3 rings (SSSR count). The highest BCUT2D eigenvalue weighted by Gasteiger charge is 2.18. The molecule has 0 amide bonds. The van der Waals surface area contributed by atoms with Gasteiger partial charge in [-0.15, -0.1) is 0 Å². The molecule has 0 radical (unpaired) electrons. The Morgan fingerprint density at radius 1 is 1.30 bits per heavy atom. The van der Waals surface area contributed by atoms with Crippen LogP contribution in [0.25, 0.3) is 0 Å². The number of benzene rings is 1. The van der Waals surface area contributed by atoms with Crippen LogP contribution in [-0.2, 0) is 24.2 Å². The molecule has 2 heterocycles. The van der Waals surface area contributed by atoms with Crippen LogP contribution in [0.3, 0.4) is 0 Å². The van der Waals surface area contributed by atoms with Crippen molar-refractivity contribution in [1.82, 2.24) is 14.9 Å². The Kier molecular flexibility index (Phi) is 5.66. The van der Waals surface area contributed by atoms with Crippen LogP contribution in [0, 0.1) is 5.92 Å². The Morgan fingerprint density at radius 3 is 3.13 bits per heavy atom. The topological polar surface area (TPSA) is 48.3 Å². The molecule has 124 valence electrons. The van der Waals surface area contributed by atoms with Gasteiger partial charge in [-0.25, -0.2) is 4.98 Å². The highest BCUT2D eigenvalue weighted by Crippen LogP contribution is 2.20. The van der Waals surface area contributed by atoms with Gasteiger partial charge in [0.15, 0.2) is 0 Å². The zero-order valence-corrected chi connectivity index (χ0v) is 13.7. The second-order valence-corrected chi connectivity index (χ2v) is 5.98. The predicted molar refractivity (Wildman–Crippen MR) is 89.6 cm³/mol. The minimum Gasteiger partial charge on any atom is -0.491 e. The summed E-state index contributed by atoms with van der Waals surface area (Å²) in [6.45, 7) is 4.10. The predicted octanol–water partition coefficient (Wildman–Crippen LogP) is 2.26. The molecule has 1 aromatic carbocycles. The molecule has 0 spiro atoms. The number of nitrogens with zero attached hydrogens (tertiary/aromatic N) is 2. The van der Waals surface area contributed by atoms with Crippen molar-refractivity contribution in [2.24, 2.45) is 5.92 Å². The number of hydrogen-bond acceptors (Lipinski definition) is 4. The van der Waals surface area contributed by atoms with Crippen molar-refractivity contribution in [3.63, 3.8) is 0 Å². The van der Waals surface area contributed by atoms with Gasteiger partial charge in [0.1, 0.15) is 18.2 Å². The largest absolute Gasteiger partial charge is 0.491 e. The van der Waals surface area contributed by atoms with Crippen LogP contribution in [0.15, 0.2) is 36.7 Å².